The van der Waals surface area contributed by atoms with Crippen molar-refractivity contribution in [2.75, 3.05) is 4.72 Å². The summed E-state index contributed by atoms with van der Waals surface area (Å²) in [5.41, 5.74) is 5.51. The van der Waals surface area contributed by atoms with E-state index >= 15 is 0 Å². The molecule has 0 bridgehead atoms. The number of carbonyl (C=O) groups excluding carboxylic acids is 1. The lowest BCUT2D eigenvalue weighted by molar-refractivity contribution is 0.0955. The van der Waals surface area contributed by atoms with E-state index < -0.39 is 15.9 Å². The molecule has 0 aliphatic carbocycles. The number of anilines is 1. The van der Waals surface area contributed by atoms with Gasteiger partial charge in [0.1, 0.15) is 0 Å². The SMILES string of the molecule is Cc1ccc(NS(=O)(=O)c2cccc(C(=O)N/N=C/c3ccccc3Cl)c2)c(C)c1. The van der Waals surface area contributed by atoms with Crippen molar-refractivity contribution in [3.63, 3.8) is 0 Å². The zero-order chi connectivity index (χ0) is 21.7. The normalized spacial score (nSPS) is 11.4. The van der Waals surface area contributed by atoms with Crippen LogP contribution >= 0.6 is 11.6 Å². The van der Waals surface area contributed by atoms with Gasteiger partial charge in [0.2, 0.25) is 0 Å². The predicted molar refractivity (Wildman–Crippen MR) is 120 cm³/mol. The third-order valence-corrected chi connectivity index (χ3v) is 6.02. The molecule has 3 aromatic carbocycles. The number of nitrogens with zero attached hydrogens (tertiary/aromatic N) is 1. The lowest BCUT2D eigenvalue weighted by Crippen LogP contribution is -2.19. The highest BCUT2D eigenvalue weighted by molar-refractivity contribution is 7.92. The molecule has 0 saturated heterocycles. The van der Waals surface area contributed by atoms with Crippen LogP contribution in [-0.2, 0) is 10.0 Å². The number of benzene rings is 3. The van der Waals surface area contributed by atoms with Gasteiger partial charge in [0.15, 0.2) is 0 Å². The average molecular weight is 442 g/mol. The highest BCUT2D eigenvalue weighted by Crippen LogP contribution is 2.21. The highest BCUT2D eigenvalue weighted by atomic mass is 35.5. The first kappa shape index (κ1) is 21.5. The van der Waals surface area contributed by atoms with Crippen molar-refractivity contribution < 1.29 is 13.2 Å². The van der Waals surface area contributed by atoms with Crippen molar-refractivity contribution in [2.24, 2.45) is 5.10 Å². The monoisotopic (exact) mass is 441 g/mol. The fourth-order valence-corrected chi connectivity index (χ4v) is 4.10. The fraction of sp³-hybridized carbons (Fsp3) is 0.0909. The Morgan fingerprint density at radius 2 is 1.77 bits per heavy atom. The first-order valence-corrected chi connectivity index (χ1v) is 10.9. The van der Waals surface area contributed by atoms with E-state index in [1.54, 1.807) is 30.3 Å². The van der Waals surface area contributed by atoms with E-state index in [1.165, 1.54) is 30.5 Å². The van der Waals surface area contributed by atoms with Crippen LogP contribution in [0.5, 0.6) is 0 Å². The number of hydrogen-bond donors (Lipinski definition) is 2. The second-order valence-electron chi connectivity index (χ2n) is 6.67. The number of hydrogen-bond acceptors (Lipinski definition) is 4. The minimum Gasteiger partial charge on any atom is -0.279 e. The molecule has 0 saturated carbocycles. The van der Waals surface area contributed by atoms with Crippen LogP contribution in [0.25, 0.3) is 0 Å². The van der Waals surface area contributed by atoms with Crippen LogP contribution in [0.1, 0.15) is 27.0 Å². The Balaban J connectivity index is 1.76. The topological polar surface area (TPSA) is 87.6 Å². The number of aryl methyl sites for hydroxylation is 2. The lowest BCUT2D eigenvalue weighted by Gasteiger charge is -2.12. The van der Waals surface area contributed by atoms with Crippen LogP contribution in [0.15, 0.2) is 76.7 Å². The highest BCUT2D eigenvalue weighted by Gasteiger charge is 2.17. The second-order valence-corrected chi connectivity index (χ2v) is 8.76. The number of rotatable bonds is 6. The van der Waals surface area contributed by atoms with Crippen LogP contribution in [0.4, 0.5) is 5.69 Å². The molecule has 0 aliphatic rings. The molecule has 8 heteroatoms. The largest absolute Gasteiger partial charge is 0.279 e. The number of hydrazone groups is 1. The number of nitrogens with one attached hydrogen (secondary N) is 2. The first-order chi connectivity index (χ1) is 14.3. The van der Waals surface area contributed by atoms with Crippen LogP contribution in [0.2, 0.25) is 5.02 Å². The van der Waals surface area contributed by atoms with E-state index in [-0.39, 0.29) is 10.5 Å². The Kier molecular flexibility index (Phi) is 6.54. The molecule has 0 spiro atoms. The summed E-state index contributed by atoms with van der Waals surface area (Å²) >= 11 is 6.04. The quantitative estimate of drug-likeness (QED) is 0.435. The standard InChI is InChI=1S/C22H20ClN3O3S/c1-15-10-11-21(16(2)12-15)26-30(28,29)19-8-5-7-17(13-19)22(27)25-24-14-18-6-3-4-9-20(18)23/h3-14,26H,1-2H3,(H,25,27)/b24-14+. The average Bonchev–Trinajstić information content (AvgIpc) is 2.71. The summed E-state index contributed by atoms with van der Waals surface area (Å²) in [4.78, 5) is 12.4. The van der Waals surface area contributed by atoms with Gasteiger partial charge in [-0.1, -0.05) is 53.6 Å². The molecular formula is C22H20ClN3O3S. The summed E-state index contributed by atoms with van der Waals surface area (Å²) in [7, 11) is -3.86. The van der Waals surface area contributed by atoms with Gasteiger partial charge < -0.3 is 0 Å². The Morgan fingerprint density at radius 1 is 1.00 bits per heavy atom. The van der Waals surface area contributed by atoms with Crippen molar-refractivity contribution in [3.05, 3.63) is 94.0 Å². The van der Waals surface area contributed by atoms with Gasteiger partial charge in [-0.2, -0.15) is 5.10 Å². The van der Waals surface area contributed by atoms with E-state index in [1.807, 2.05) is 26.0 Å². The minimum atomic E-state index is -3.86. The summed E-state index contributed by atoms with van der Waals surface area (Å²) in [5, 5.41) is 4.39. The number of halogens is 1. The van der Waals surface area contributed by atoms with E-state index in [9.17, 15) is 13.2 Å². The van der Waals surface area contributed by atoms with Gasteiger partial charge in [0.25, 0.3) is 15.9 Å². The van der Waals surface area contributed by atoms with Crippen LogP contribution in [0, 0.1) is 13.8 Å². The predicted octanol–water partition coefficient (Wildman–Crippen LogP) is 4.52. The Morgan fingerprint density at radius 3 is 2.50 bits per heavy atom. The third-order valence-electron chi connectivity index (χ3n) is 4.31. The Hall–Kier alpha value is -3.16. The van der Waals surface area contributed by atoms with Crippen molar-refractivity contribution >= 4 is 39.4 Å². The van der Waals surface area contributed by atoms with Crippen LogP contribution < -0.4 is 10.1 Å². The van der Waals surface area contributed by atoms with E-state index in [2.05, 4.69) is 15.2 Å². The molecular weight excluding hydrogens is 422 g/mol. The zero-order valence-electron chi connectivity index (χ0n) is 16.4. The Bertz CT molecular complexity index is 1220. The zero-order valence-corrected chi connectivity index (χ0v) is 18.0. The van der Waals surface area contributed by atoms with Gasteiger partial charge in [0, 0.05) is 16.1 Å². The van der Waals surface area contributed by atoms with Gasteiger partial charge in [-0.15, -0.1) is 0 Å². The molecule has 0 fully saturated rings. The van der Waals surface area contributed by atoms with E-state index in [4.69, 9.17) is 11.6 Å². The molecule has 0 aromatic heterocycles. The number of carbonyl (C=O) groups is 1. The molecule has 154 valence electrons. The van der Waals surface area contributed by atoms with Gasteiger partial charge in [-0.05, 0) is 49.7 Å². The molecule has 1 amide bonds. The maximum absolute atomic E-state index is 12.8. The molecule has 6 nitrogen and oxygen atoms in total. The smallest absolute Gasteiger partial charge is 0.271 e. The summed E-state index contributed by atoms with van der Waals surface area (Å²) < 4.78 is 28.1. The van der Waals surface area contributed by atoms with Gasteiger partial charge in [0.05, 0.1) is 16.8 Å². The van der Waals surface area contributed by atoms with Crippen molar-refractivity contribution in [1.29, 1.82) is 0 Å². The maximum atomic E-state index is 12.8. The second kappa shape index (κ2) is 9.11. The molecule has 3 rings (SSSR count). The van der Waals surface area contributed by atoms with Crippen molar-refractivity contribution in [1.82, 2.24) is 5.43 Å². The van der Waals surface area contributed by atoms with Crippen LogP contribution in [0.3, 0.4) is 0 Å². The van der Waals surface area contributed by atoms with Gasteiger partial charge >= 0.3 is 0 Å². The van der Waals surface area contributed by atoms with Gasteiger partial charge in [-0.3, -0.25) is 9.52 Å². The minimum absolute atomic E-state index is 0.0230. The Labute approximate surface area is 180 Å². The van der Waals surface area contributed by atoms with Crippen LogP contribution in [-0.4, -0.2) is 20.5 Å². The summed E-state index contributed by atoms with van der Waals surface area (Å²) in [6, 6.07) is 18.2. The molecule has 0 unspecified atom stereocenters. The molecule has 30 heavy (non-hydrogen) atoms. The van der Waals surface area contributed by atoms with E-state index in [0.717, 1.165) is 11.1 Å². The fourth-order valence-electron chi connectivity index (χ4n) is 2.74. The first-order valence-electron chi connectivity index (χ1n) is 9.04. The third kappa shape index (κ3) is 5.25. The summed E-state index contributed by atoms with van der Waals surface area (Å²) in [6.07, 6.45) is 1.42. The molecule has 0 radical (unpaired) electrons. The lowest BCUT2D eigenvalue weighted by atomic mass is 10.1. The summed E-state index contributed by atoms with van der Waals surface area (Å²) in [5.74, 6) is -0.540. The van der Waals surface area contributed by atoms with Gasteiger partial charge in [-0.25, -0.2) is 13.8 Å². The van der Waals surface area contributed by atoms with Crippen molar-refractivity contribution in [2.45, 2.75) is 18.7 Å². The molecule has 0 aliphatic heterocycles. The number of sulfonamides is 1. The molecule has 0 atom stereocenters. The molecule has 3 aromatic rings. The van der Waals surface area contributed by atoms with Crippen molar-refractivity contribution in [3.8, 4) is 0 Å². The number of amides is 1. The summed E-state index contributed by atoms with van der Waals surface area (Å²) in [6.45, 7) is 3.76. The maximum Gasteiger partial charge on any atom is 0.271 e. The molecule has 0 heterocycles. The molecule has 2 N–H and O–H groups in total. The van der Waals surface area contributed by atoms with E-state index in [0.29, 0.717) is 16.3 Å².